The van der Waals surface area contributed by atoms with Gasteiger partial charge in [-0.2, -0.15) is 0 Å². The van der Waals surface area contributed by atoms with E-state index in [1.807, 2.05) is 42.5 Å². The second kappa shape index (κ2) is 7.82. The Kier molecular flexibility index (Phi) is 4.55. The van der Waals surface area contributed by atoms with Crippen LogP contribution in [0.25, 0.3) is 44.3 Å². The summed E-state index contributed by atoms with van der Waals surface area (Å²) in [5.41, 5.74) is 10.6. The van der Waals surface area contributed by atoms with Crippen molar-refractivity contribution in [2.75, 3.05) is 25.4 Å². The van der Waals surface area contributed by atoms with E-state index in [9.17, 15) is 9.59 Å². The predicted molar refractivity (Wildman–Crippen MR) is 139 cm³/mol. The van der Waals surface area contributed by atoms with Crippen LogP contribution in [-0.4, -0.2) is 50.4 Å². The first-order valence-corrected chi connectivity index (χ1v) is 12.1. The Hall–Kier alpha value is -4.37. The van der Waals surface area contributed by atoms with Gasteiger partial charge in [0.2, 0.25) is 0 Å². The van der Waals surface area contributed by atoms with E-state index in [4.69, 9.17) is 15.5 Å². The van der Waals surface area contributed by atoms with E-state index in [0.29, 0.717) is 45.5 Å². The van der Waals surface area contributed by atoms with Gasteiger partial charge in [-0.15, -0.1) is 0 Å². The molecule has 1 fully saturated rings. The quantitative estimate of drug-likeness (QED) is 0.317. The molecular formula is C27H24N6O3. The van der Waals surface area contributed by atoms with Crippen LogP contribution in [0.2, 0.25) is 0 Å². The van der Waals surface area contributed by atoms with Gasteiger partial charge in [0.1, 0.15) is 23.1 Å². The maximum absolute atomic E-state index is 13.3. The summed E-state index contributed by atoms with van der Waals surface area (Å²) in [5.74, 6) is 0.624. The number of hydrogen-bond acceptors (Lipinski definition) is 6. The number of nitrogens with two attached hydrogens (primary N) is 1. The summed E-state index contributed by atoms with van der Waals surface area (Å²) >= 11 is 0. The van der Waals surface area contributed by atoms with Crippen LogP contribution in [0, 0.1) is 0 Å². The lowest BCUT2D eigenvalue weighted by molar-refractivity contribution is 0.199. The molecule has 2 aliphatic rings. The molecule has 36 heavy (non-hydrogen) atoms. The lowest BCUT2D eigenvalue weighted by Gasteiger charge is -2.19. The maximum Gasteiger partial charge on any atom is 0.275 e. The van der Waals surface area contributed by atoms with Crippen molar-refractivity contribution >= 4 is 27.6 Å². The zero-order valence-corrected chi connectivity index (χ0v) is 19.5. The third-order valence-corrected chi connectivity index (χ3v) is 7.21. The zero-order valence-electron chi connectivity index (χ0n) is 19.5. The normalized spacial score (nSPS) is 19.1. The lowest BCUT2D eigenvalue weighted by atomic mass is 10.0. The first kappa shape index (κ1) is 21.0. The highest BCUT2D eigenvalue weighted by Crippen LogP contribution is 2.34. The average Bonchev–Trinajstić information content (AvgIpc) is 3.46. The van der Waals surface area contributed by atoms with Crippen LogP contribution >= 0.6 is 0 Å². The second-order valence-electron chi connectivity index (χ2n) is 9.53. The molecule has 2 aliphatic heterocycles. The van der Waals surface area contributed by atoms with Crippen LogP contribution in [0.3, 0.4) is 0 Å². The second-order valence-corrected chi connectivity index (χ2v) is 9.53. The van der Waals surface area contributed by atoms with Crippen molar-refractivity contribution in [3.05, 3.63) is 75.3 Å². The van der Waals surface area contributed by atoms with Crippen molar-refractivity contribution in [1.29, 1.82) is 0 Å². The number of rotatable bonds is 1. The molecule has 1 saturated heterocycles. The number of aromatic nitrogens is 4. The molecule has 1 unspecified atom stereocenters. The molecule has 9 heteroatoms. The highest BCUT2D eigenvalue weighted by molar-refractivity contribution is 5.94. The van der Waals surface area contributed by atoms with Gasteiger partial charge in [-0.05, 0) is 47.9 Å². The molecule has 0 amide bonds. The van der Waals surface area contributed by atoms with Crippen LogP contribution in [0.5, 0.6) is 5.75 Å². The molecule has 5 aromatic rings. The highest BCUT2D eigenvalue weighted by atomic mass is 16.5. The third kappa shape index (κ3) is 3.31. The molecule has 2 aromatic heterocycles. The Labute approximate surface area is 205 Å². The Morgan fingerprint density at radius 3 is 2.72 bits per heavy atom. The average molecular weight is 481 g/mol. The van der Waals surface area contributed by atoms with Crippen molar-refractivity contribution in [2.45, 2.75) is 19.1 Å². The van der Waals surface area contributed by atoms with Crippen LogP contribution in [0.1, 0.15) is 6.42 Å². The summed E-state index contributed by atoms with van der Waals surface area (Å²) in [6, 6.07) is 16.9. The summed E-state index contributed by atoms with van der Waals surface area (Å²) in [6.07, 6.45) is 0.849. The van der Waals surface area contributed by atoms with Gasteiger partial charge in [0.25, 0.3) is 11.1 Å². The molecule has 3 aromatic carbocycles. The van der Waals surface area contributed by atoms with Gasteiger partial charge in [-0.3, -0.25) is 24.3 Å². The van der Waals surface area contributed by atoms with E-state index in [1.165, 1.54) is 0 Å². The number of hydrogen-bond donors (Lipinski definition) is 3. The highest BCUT2D eigenvalue weighted by Gasteiger charge is 2.26. The molecule has 0 radical (unpaired) electrons. The summed E-state index contributed by atoms with van der Waals surface area (Å²) in [6.45, 7) is 2.90. The molecule has 0 saturated carbocycles. The van der Waals surface area contributed by atoms with Crippen LogP contribution in [0.4, 0.5) is 5.69 Å². The van der Waals surface area contributed by atoms with Crippen LogP contribution in [0.15, 0.2) is 64.2 Å². The van der Waals surface area contributed by atoms with Crippen molar-refractivity contribution in [3.63, 3.8) is 0 Å². The molecule has 2 atom stereocenters. The van der Waals surface area contributed by atoms with Gasteiger partial charge in [0.15, 0.2) is 0 Å². The van der Waals surface area contributed by atoms with Gasteiger partial charge in [-0.25, -0.2) is 4.98 Å². The number of fused-ring (bicyclic) bond motifs is 5. The van der Waals surface area contributed by atoms with E-state index >= 15 is 0 Å². The molecule has 7 rings (SSSR count). The lowest BCUT2D eigenvalue weighted by Crippen LogP contribution is -2.30. The minimum Gasteiger partial charge on any atom is -0.487 e. The van der Waals surface area contributed by atoms with E-state index < -0.39 is 0 Å². The number of ether oxygens (including phenoxy) is 1. The summed E-state index contributed by atoms with van der Waals surface area (Å²) in [7, 11) is 0. The Morgan fingerprint density at radius 2 is 1.86 bits per heavy atom. The molecule has 4 N–H and O–H groups in total. The molecule has 4 heterocycles. The molecule has 9 nitrogen and oxygen atoms in total. The van der Waals surface area contributed by atoms with E-state index in [-0.39, 0.29) is 22.9 Å². The Morgan fingerprint density at radius 1 is 1.00 bits per heavy atom. The van der Waals surface area contributed by atoms with Crippen LogP contribution in [-0.2, 0) is 6.54 Å². The number of nitrogens with one attached hydrogen (secondary N) is 2. The van der Waals surface area contributed by atoms with Gasteiger partial charge in [0.05, 0.1) is 23.0 Å². The fraction of sp³-hybridized carbons (Fsp3) is 0.222. The van der Waals surface area contributed by atoms with Crippen molar-refractivity contribution in [3.8, 4) is 28.1 Å². The minimum absolute atomic E-state index is 0.0196. The SMILES string of the molecule is Nc1ccc(-c2cc3c4nc(c(=O)[nH]c4c2)-c2cccc4c(=O)n([nH]c24)CCN2CC[C@@H](C2)O3)cc1. The Bertz CT molecular complexity index is 1770. The number of anilines is 1. The molecule has 180 valence electrons. The fourth-order valence-electron chi connectivity index (χ4n) is 5.33. The topological polar surface area (TPSA) is 122 Å². The van der Waals surface area contributed by atoms with Crippen molar-refractivity contribution in [1.82, 2.24) is 24.6 Å². The summed E-state index contributed by atoms with van der Waals surface area (Å²) in [4.78, 5) is 36.5. The fourth-order valence-corrected chi connectivity index (χ4v) is 5.33. The van der Waals surface area contributed by atoms with Gasteiger partial charge >= 0.3 is 0 Å². The first-order valence-electron chi connectivity index (χ1n) is 12.1. The number of nitrogen functional groups attached to an aromatic ring is 1. The van der Waals surface area contributed by atoms with Crippen molar-refractivity contribution < 1.29 is 4.74 Å². The van der Waals surface area contributed by atoms with E-state index in [2.05, 4.69) is 15.0 Å². The first-order chi connectivity index (χ1) is 17.5. The number of nitrogens with zero attached hydrogens (tertiary/aromatic N) is 3. The van der Waals surface area contributed by atoms with E-state index in [1.54, 1.807) is 16.8 Å². The van der Waals surface area contributed by atoms with Crippen molar-refractivity contribution in [2.24, 2.45) is 0 Å². The van der Waals surface area contributed by atoms with Gasteiger partial charge < -0.3 is 15.5 Å². The molecule has 6 bridgehead atoms. The predicted octanol–water partition coefficient (Wildman–Crippen LogP) is 2.95. The molecule has 0 spiro atoms. The monoisotopic (exact) mass is 480 g/mol. The number of benzene rings is 3. The Balaban J connectivity index is 1.51. The molecule has 0 aliphatic carbocycles. The molecular weight excluding hydrogens is 456 g/mol. The third-order valence-electron chi connectivity index (χ3n) is 7.21. The largest absolute Gasteiger partial charge is 0.487 e. The van der Waals surface area contributed by atoms with Gasteiger partial charge in [0, 0.05) is 30.9 Å². The summed E-state index contributed by atoms with van der Waals surface area (Å²) < 4.78 is 8.16. The smallest absolute Gasteiger partial charge is 0.275 e. The summed E-state index contributed by atoms with van der Waals surface area (Å²) in [5, 5.41) is 3.77. The number of H-pyrrole nitrogens is 2. The number of para-hydroxylation sites is 1. The van der Waals surface area contributed by atoms with Crippen LogP contribution < -0.4 is 21.6 Å². The number of aromatic amines is 2. The van der Waals surface area contributed by atoms with E-state index in [0.717, 1.165) is 37.2 Å². The zero-order chi connectivity index (χ0) is 24.4. The standard InChI is InChI=1S/C27H24N6O3/c28-17-6-4-15(5-7-17)16-12-21-25-22(13-16)36-18-8-9-32(14-18)10-11-33-27(35)20-3-1-2-19(23(20)31-33)24(30-25)26(34)29-21/h1-7,12-13,18,31H,8-11,14,28H2,(H,29,34)/t18-/m0/s1. The van der Waals surface area contributed by atoms with Gasteiger partial charge in [-0.1, -0.05) is 24.3 Å². The maximum atomic E-state index is 13.3. The minimum atomic E-state index is -0.330.